The van der Waals surface area contributed by atoms with Crippen LogP contribution in [0.5, 0.6) is 0 Å². The standard InChI is InChI=1S/C19H21N3O2/c1-13-10-14(11-17(23)21-13)18(24)22-8-6-19(7-9-22)12-20-16-5-3-2-4-15(16)19/h2-5,10-11,20H,6-9,12H2,1H3,(H,21,23). The number of benzene rings is 1. The third kappa shape index (κ3) is 2.40. The van der Waals surface area contributed by atoms with Crippen molar-refractivity contribution in [1.82, 2.24) is 9.88 Å². The second-order valence-corrected chi connectivity index (χ2v) is 6.89. The van der Waals surface area contributed by atoms with Crippen LogP contribution in [-0.2, 0) is 5.41 Å². The number of amides is 1. The van der Waals surface area contributed by atoms with E-state index in [0.717, 1.165) is 32.5 Å². The summed E-state index contributed by atoms with van der Waals surface area (Å²) in [6.45, 7) is 4.18. The van der Waals surface area contributed by atoms with Crippen molar-refractivity contribution in [2.45, 2.75) is 25.2 Å². The number of aromatic amines is 1. The number of fused-ring (bicyclic) bond motifs is 2. The summed E-state index contributed by atoms with van der Waals surface area (Å²) >= 11 is 0. The van der Waals surface area contributed by atoms with Gasteiger partial charge in [-0.2, -0.15) is 0 Å². The molecule has 5 heteroatoms. The lowest BCUT2D eigenvalue weighted by Gasteiger charge is -2.39. The zero-order valence-electron chi connectivity index (χ0n) is 13.8. The van der Waals surface area contributed by atoms with E-state index in [9.17, 15) is 9.59 Å². The fourth-order valence-corrected chi connectivity index (χ4v) is 4.03. The average Bonchev–Trinajstić information content (AvgIpc) is 2.93. The van der Waals surface area contributed by atoms with Gasteiger partial charge < -0.3 is 15.2 Å². The van der Waals surface area contributed by atoms with Crippen molar-refractivity contribution in [3.63, 3.8) is 0 Å². The molecule has 3 heterocycles. The van der Waals surface area contributed by atoms with Crippen molar-refractivity contribution in [3.05, 3.63) is 63.6 Å². The predicted octanol–water partition coefficient (Wildman–Crippen LogP) is 2.28. The first-order chi connectivity index (χ1) is 11.6. The number of hydrogen-bond acceptors (Lipinski definition) is 3. The topological polar surface area (TPSA) is 65.2 Å². The van der Waals surface area contributed by atoms with E-state index < -0.39 is 0 Å². The van der Waals surface area contributed by atoms with Gasteiger partial charge >= 0.3 is 0 Å². The second-order valence-electron chi connectivity index (χ2n) is 6.89. The van der Waals surface area contributed by atoms with Crippen LogP contribution < -0.4 is 10.9 Å². The lowest BCUT2D eigenvalue weighted by atomic mass is 9.74. The first-order valence-electron chi connectivity index (χ1n) is 8.41. The van der Waals surface area contributed by atoms with Crippen LogP contribution in [0.25, 0.3) is 0 Å². The van der Waals surface area contributed by atoms with E-state index in [0.29, 0.717) is 11.3 Å². The number of pyridine rings is 1. The Morgan fingerprint density at radius 3 is 2.67 bits per heavy atom. The van der Waals surface area contributed by atoms with Crippen LogP contribution in [0.2, 0.25) is 0 Å². The largest absolute Gasteiger partial charge is 0.384 e. The van der Waals surface area contributed by atoms with Gasteiger partial charge in [-0.05, 0) is 37.5 Å². The predicted molar refractivity (Wildman–Crippen MR) is 93.5 cm³/mol. The molecule has 1 saturated heterocycles. The molecule has 2 aliphatic rings. The highest BCUT2D eigenvalue weighted by atomic mass is 16.2. The fourth-order valence-electron chi connectivity index (χ4n) is 4.03. The molecule has 4 rings (SSSR count). The van der Waals surface area contributed by atoms with Crippen LogP contribution in [0.4, 0.5) is 5.69 Å². The van der Waals surface area contributed by atoms with Gasteiger partial charge in [0.25, 0.3) is 5.91 Å². The molecular formula is C19H21N3O2. The number of aromatic nitrogens is 1. The van der Waals surface area contributed by atoms with Gasteiger partial charge in [0, 0.05) is 48.1 Å². The lowest BCUT2D eigenvalue weighted by molar-refractivity contribution is 0.0676. The Kier molecular flexibility index (Phi) is 3.44. The molecule has 0 unspecified atom stereocenters. The quantitative estimate of drug-likeness (QED) is 0.846. The van der Waals surface area contributed by atoms with E-state index in [2.05, 4.69) is 34.6 Å². The normalized spacial score (nSPS) is 18.3. The van der Waals surface area contributed by atoms with Gasteiger partial charge in [-0.25, -0.2) is 0 Å². The third-order valence-corrected chi connectivity index (χ3v) is 5.35. The molecule has 2 N–H and O–H groups in total. The van der Waals surface area contributed by atoms with Crippen molar-refractivity contribution in [3.8, 4) is 0 Å². The molecule has 124 valence electrons. The summed E-state index contributed by atoms with van der Waals surface area (Å²) in [6.07, 6.45) is 1.90. The number of rotatable bonds is 1. The maximum absolute atomic E-state index is 12.7. The lowest BCUT2D eigenvalue weighted by Crippen LogP contribution is -2.46. The molecule has 1 spiro atoms. The number of anilines is 1. The molecular weight excluding hydrogens is 302 g/mol. The maximum atomic E-state index is 12.7. The van der Waals surface area contributed by atoms with Crippen molar-refractivity contribution >= 4 is 11.6 Å². The number of para-hydroxylation sites is 1. The highest BCUT2D eigenvalue weighted by Crippen LogP contribution is 2.43. The van der Waals surface area contributed by atoms with Gasteiger partial charge in [-0.3, -0.25) is 9.59 Å². The fraction of sp³-hybridized carbons (Fsp3) is 0.368. The summed E-state index contributed by atoms with van der Waals surface area (Å²) < 4.78 is 0. The molecule has 24 heavy (non-hydrogen) atoms. The number of nitrogens with zero attached hydrogens (tertiary/aromatic N) is 1. The summed E-state index contributed by atoms with van der Waals surface area (Å²) in [7, 11) is 0. The number of carbonyl (C=O) groups is 1. The second kappa shape index (κ2) is 5.51. The Bertz CT molecular complexity index is 848. The van der Waals surface area contributed by atoms with E-state index in [1.807, 2.05) is 4.90 Å². The Morgan fingerprint density at radius 2 is 1.92 bits per heavy atom. The van der Waals surface area contributed by atoms with Crippen molar-refractivity contribution in [2.24, 2.45) is 0 Å². The maximum Gasteiger partial charge on any atom is 0.254 e. The molecule has 2 aliphatic heterocycles. The molecule has 1 amide bonds. The number of hydrogen-bond donors (Lipinski definition) is 2. The average molecular weight is 323 g/mol. The smallest absolute Gasteiger partial charge is 0.254 e. The molecule has 2 aromatic rings. The Morgan fingerprint density at radius 1 is 1.17 bits per heavy atom. The van der Waals surface area contributed by atoms with Gasteiger partial charge in [0.2, 0.25) is 5.56 Å². The van der Waals surface area contributed by atoms with Gasteiger partial charge in [0.1, 0.15) is 0 Å². The van der Waals surface area contributed by atoms with E-state index in [1.54, 1.807) is 13.0 Å². The van der Waals surface area contributed by atoms with Gasteiger partial charge in [0.05, 0.1) is 0 Å². The Hall–Kier alpha value is -2.56. The molecule has 5 nitrogen and oxygen atoms in total. The first-order valence-corrected chi connectivity index (χ1v) is 8.41. The molecule has 0 atom stereocenters. The summed E-state index contributed by atoms with van der Waals surface area (Å²) in [4.78, 5) is 28.9. The molecule has 0 radical (unpaired) electrons. The van der Waals surface area contributed by atoms with Crippen molar-refractivity contribution < 1.29 is 4.79 Å². The first kappa shape index (κ1) is 15.0. The number of aryl methyl sites for hydroxylation is 1. The Balaban J connectivity index is 1.53. The molecule has 1 aromatic carbocycles. The number of likely N-dealkylation sites (tertiary alicyclic amines) is 1. The third-order valence-electron chi connectivity index (χ3n) is 5.35. The van der Waals surface area contributed by atoms with Crippen LogP contribution in [-0.4, -0.2) is 35.4 Å². The van der Waals surface area contributed by atoms with Crippen LogP contribution in [0, 0.1) is 6.92 Å². The number of H-pyrrole nitrogens is 1. The molecule has 1 aromatic heterocycles. The highest BCUT2D eigenvalue weighted by Gasteiger charge is 2.42. The van der Waals surface area contributed by atoms with Crippen LogP contribution >= 0.6 is 0 Å². The molecule has 0 saturated carbocycles. The zero-order valence-corrected chi connectivity index (χ0v) is 13.8. The van der Waals surface area contributed by atoms with Gasteiger partial charge in [-0.1, -0.05) is 18.2 Å². The molecule has 0 bridgehead atoms. The minimum absolute atomic E-state index is 0.0432. The van der Waals surface area contributed by atoms with Gasteiger partial charge in [0.15, 0.2) is 0 Å². The van der Waals surface area contributed by atoms with E-state index >= 15 is 0 Å². The summed E-state index contributed by atoms with van der Waals surface area (Å²) in [6, 6.07) is 11.6. The summed E-state index contributed by atoms with van der Waals surface area (Å²) in [5.74, 6) is -0.0432. The summed E-state index contributed by atoms with van der Waals surface area (Å²) in [5, 5.41) is 3.50. The van der Waals surface area contributed by atoms with E-state index in [1.165, 1.54) is 17.3 Å². The zero-order chi connectivity index (χ0) is 16.7. The number of nitrogens with one attached hydrogen (secondary N) is 2. The monoisotopic (exact) mass is 323 g/mol. The molecule has 1 fully saturated rings. The highest BCUT2D eigenvalue weighted by molar-refractivity contribution is 5.94. The van der Waals surface area contributed by atoms with Crippen LogP contribution in [0.3, 0.4) is 0 Å². The number of piperidine rings is 1. The van der Waals surface area contributed by atoms with Crippen molar-refractivity contribution in [1.29, 1.82) is 0 Å². The van der Waals surface area contributed by atoms with E-state index in [-0.39, 0.29) is 16.9 Å². The van der Waals surface area contributed by atoms with Crippen LogP contribution in [0.15, 0.2) is 41.2 Å². The minimum atomic E-state index is -0.222. The molecule has 0 aliphatic carbocycles. The van der Waals surface area contributed by atoms with Crippen LogP contribution in [0.1, 0.15) is 34.5 Å². The SMILES string of the molecule is Cc1cc(C(=O)N2CCC3(CC2)CNc2ccccc23)cc(=O)[nH]1. The van der Waals surface area contributed by atoms with Gasteiger partial charge in [-0.15, -0.1) is 0 Å². The minimum Gasteiger partial charge on any atom is -0.384 e. The van der Waals surface area contributed by atoms with E-state index in [4.69, 9.17) is 0 Å². The number of carbonyl (C=O) groups excluding carboxylic acids is 1. The van der Waals surface area contributed by atoms with Crippen molar-refractivity contribution in [2.75, 3.05) is 25.0 Å². The Labute approximate surface area is 140 Å². The summed E-state index contributed by atoms with van der Waals surface area (Å²) in [5.41, 5.74) is 3.72.